The van der Waals surface area contributed by atoms with Gasteiger partial charge in [0.1, 0.15) is 0 Å². The lowest BCUT2D eigenvalue weighted by molar-refractivity contribution is -0.123. The second kappa shape index (κ2) is 8.37. The smallest absolute Gasteiger partial charge is 0.254 e. The van der Waals surface area contributed by atoms with Crippen molar-refractivity contribution in [2.75, 3.05) is 26.2 Å². The van der Waals surface area contributed by atoms with Crippen molar-refractivity contribution in [2.45, 2.75) is 31.7 Å². The van der Waals surface area contributed by atoms with Gasteiger partial charge in [-0.2, -0.15) is 0 Å². The number of likely N-dealkylation sites (tertiary alicyclic amines) is 1. The summed E-state index contributed by atoms with van der Waals surface area (Å²) in [4.78, 5) is 39.7. The highest BCUT2D eigenvalue weighted by atomic mass is 16.2. The molecule has 1 aromatic heterocycles. The first kappa shape index (κ1) is 19.6. The van der Waals surface area contributed by atoms with Crippen molar-refractivity contribution >= 4 is 22.7 Å². The minimum Gasteiger partial charge on any atom is -0.354 e. The number of hydrogen-bond donors (Lipinski definition) is 2. The molecule has 2 N–H and O–H groups in total. The molecule has 2 saturated heterocycles. The van der Waals surface area contributed by atoms with Crippen LogP contribution in [0.15, 0.2) is 35.1 Å². The van der Waals surface area contributed by atoms with Crippen LogP contribution in [0, 0.1) is 5.92 Å². The Morgan fingerprint density at radius 2 is 2.03 bits per heavy atom. The van der Waals surface area contributed by atoms with Crippen LogP contribution in [0.4, 0.5) is 0 Å². The molecule has 0 aliphatic carbocycles. The molecular formula is C22H28N4O3. The van der Waals surface area contributed by atoms with Gasteiger partial charge in [-0.05, 0) is 44.2 Å². The number of aromatic nitrogens is 1. The zero-order valence-corrected chi connectivity index (χ0v) is 16.8. The van der Waals surface area contributed by atoms with E-state index in [1.165, 1.54) is 6.07 Å². The molecule has 2 amide bonds. The molecule has 3 heterocycles. The van der Waals surface area contributed by atoms with E-state index in [1.54, 1.807) is 11.6 Å². The molecule has 29 heavy (non-hydrogen) atoms. The third-order valence-corrected chi connectivity index (χ3v) is 6.13. The van der Waals surface area contributed by atoms with Gasteiger partial charge in [0.25, 0.3) is 11.5 Å². The Kier molecular flexibility index (Phi) is 5.67. The van der Waals surface area contributed by atoms with Gasteiger partial charge in [0.2, 0.25) is 5.91 Å². The number of nitrogens with zero attached hydrogens (tertiary/aromatic N) is 2. The lowest BCUT2D eigenvalue weighted by atomic mass is 9.96. The van der Waals surface area contributed by atoms with Crippen LogP contribution in [0.25, 0.3) is 10.9 Å². The highest BCUT2D eigenvalue weighted by Gasteiger charge is 2.28. The molecule has 0 radical (unpaired) electrons. The van der Waals surface area contributed by atoms with Crippen molar-refractivity contribution in [3.8, 4) is 0 Å². The van der Waals surface area contributed by atoms with Gasteiger partial charge in [-0.15, -0.1) is 0 Å². The van der Waals surface area contributed by atoms with E-state index in [2.05, 4.69) is 10.6 Å². The van der Waals surface area contributed by atoms with Crippen molar-refractivity contribution < 1.29 is 9.59 Å². The summed E-state index contributed by atoms with van der Waals surface area (Å²) >= 11 is 0. The largest absolute Gasteiger partial charge is 0.354 e. The zero-order valence-electron chi connectivity index (χ0n) is 16.8. The molecule has 0 bridgehead atoms. The average Bonchev–Trinajstić information content (AvgIpc) is 3.29. The van der Waals surface area contributed by atoms with Gasteiger partial charge in [0.15, 0.2) is 0 Å². The normalized spacial score (nSPS) is 22.0. The predicted octanol–water partition coefficient (Wildman–Crippen LogP) is 1.26. The van der Waals surface area contributed by atoms with E-state index in [1.807, 2.05) is 29.2 Å². The summed E-state index contributed by atoms with van der Waals surface area (Å²) in [7, 11) is 1.72. The minimum atomic E-state index is -0.183. The summed E-state index contributed by atoms with van der Waals surface area (Å²) in [5.41, 5.74) is 1.04. The number of para-hydroxylation sites is 1. The fourth-order valence-electron chi connectivity index (χ4n) is 4.45. The van der Waals surface area contributed by atoms with Crippen LogP contribution in [0.5, 0.6) is 0 Å². The molecule has 7 nitrogen and oxygen atoms in total. The number of amides is 2. The van der Waals surface area contributed by atoms with E-state index in [-0.39, 0.29) is 29.3 Å². The Morgan fingerprint density at radius 3 is 2.83 bits per heavy atom. The standard InChI is InChI=1S/C22H28N4O3/c1-25-19-9-3-2-7-16(19)17(12-20(25)27)22(29)26-11-5-6-15(14-26)13-24-21(28)18-8-4-10-23-18/h2-3,7,9,12,15,18,23H,4-6,8,10-11,13-14H2,1H3,(H,24,28). The van der Waals surface area contributed by atoms with Crippen molar-refractivity contribution in [3.63, 3.8) is 0 Å². The molecule has 2 fully saturated rings. The second-order valence-electron chi connectivity index (χ2n) is 8.13. The zero-order chi connectivity index (χ0) is 20.4. The van der Waals surface area contributed by atoms with Gasteiger partial charge in [0, 0.05) is 38.1 Å². The van der Waals surface area contributed by atoms with Crippen molar-refractivity contribution in [1.29, 1.82) is 0 Å². The van der Waals surface area contributed by atoms with Crippen LogP contribution < -0.4 is 16.2 Å². The number of aryl methyl sites for hydroxylation is 1. The van der Waals surface area contributed by atoms with Crippen molar-refractivity contribution in [2.24, 2.45) is 13.0 Å². The van der Waals surface area contributed by atoms with Crippen LogP contribution in [-0.2, 0) is 11.8 Å². The molecule has 2 aliphatic heterocycles. The number of fused-ring (bicyclic) bond motifs is 1. The number of carbonyl (C=O) groups is 2. The quantitative estimate of drug-likeness (QED) is 0.815. The van der Waals surface area contributed by atoms with Gasteiger partial charge >= 0.3 is 0 Å². The number of nitrogens with one attached hydrogen (secondary N) is 2. The molecule has 4 rings (SSSR count). The lowest BCUT2D eigenvalue weighted by Gasteiger charge is -2.33. The molecule has 2 aliphatic rings. The molecule has 0 saturated carbocycles. The SMILES string of the molecule is Cn1c(=O)cc(C(=O)N2CCCC(CNC(=O)C3CCCN3)C2)c2ccccc21. The molecule has 154 valence electrons. The summed E-state index contributed by atoms with van der Waals surface area (Å²) in [5, 5.41) is 7.05. The summed E-state index contributed by atoms with van der Waals surface area (Å²) in [6.07, 6.45) is 3.81. The molecule has 1 aromatic carbocycles. The summed E-state index contributed by atoms with van der Waals surface area (Å²) in [6, 6.07) is 8.87. The highest BCUT2D eigenvalue weighted by molar-refractivity contribution is 6.06. The summed E-state index contributed by atoms with van der Waals surface area (Å²) in [6.45, 7) is 2.75. The number of rotatable bonds is 4. The fraction of sp³-hybridized carbons (Fsp3) is 0.500. The van der Waals surface area contributed by atoms with Crippen LogP contribution >= 0.6 is 0 Å². The first-order valence-corrected chi connectivity index (χ1v) is 10.4. The number of pyridine rings is 1. The third-order valence-electron chi connectivity index (χ3n) is 6.13. The Balaban J connectivity index is 1.46. The predicted molar refractivity (Wildman–Crippen MR) is 112 cm³/mol. The Bertz CT molecular complexity index is 978. The maximum atomic E-state index is 13.3. The van der Waals surface area contributed by atoms with Gasteiger partial charge in [0.05, 0.1) is 17.1 Å². The molecule has 7 heteroatoms. The third kappa shape index (κ3) is 4.05. The van der Waals surface area contributed by atoms with E-state index in [9.17, 15) is 14.4 Å². The second-order valence-corrected chi connectivity index (χ2v) is 8.13. The maximum Gasteiger partial charge on any atom is 0.254 e. The Morgan fingerprint density at radius 1 is 1.21 bits per heavy atom. The van der Waals surface area contributed by atoms with Gasteiger partial charge < -0.3 is 20.1 Å². The number of benzene rings is 1. The molecule has 2 atom stereocenters. The van der Waals surface area contributed by atoms with Crippen LogP contribution in [0.3, 0.4) is 0 Å². The number of hydrogen-bond acceptors (Lipinski definition) is 4. The van der Waals surface area contributed by atoms with E-state index < -0.39 is 0 Å². The van der Waals surface area contributed by atoms with Gasteiger partial charge in [-0.3, -0.25) is 14.4 Å². The maximum absolute atomic E-state index is 13.3. The van der Waals surface area contributed by atoms with Gasteiger partial charge in [-0.25, -0.2) is 0 Å². The van der Waals surface area contributed by atoms with E-state index >= 15 is 0 Å². The highest BCUT2D eigenvalue weighted by Crippen LogP contribution is 2.22. The molecule has 2 unspecified atom stereocenters. The lowest BCUT2D eigenvalue weighted by Crippen LogP contribution is -2.46. The first-order chi connectivity index (χ1) is 14.0. The first-order valence-electron chi connectivity index (χ1n) is 10.4. The Hall–Kier alpha value is -2.67. The van der Waals surface area contributed by atoms with E-state index in [0.29, 0.717) is 25.2 Å². The number of carbonyl (C=O) groups excluding carboxylic acids is 2. The molecular weight excluding hydrogens is 368 g/mol. The molecule has 0 spiro atoms. The van der Waals surface area contributed by atoms with E-state index in [4.69, 9.17) is 0 Å². The van der Waals surface area contributed by atoms with Crippen molar-refractivity contribution in [3.05, 3.63) is 46.2 Å². The molecule has 2 aromatic rings. The summed E-state index contributed by atoms with van der Waals surface area (Å²) in [5.74, 6) is 0.187. The van der Waals surface area contributed by atoms with Crippen molar-refractivity contribution in [1.82, 2.24) is 20.1 Å². The van der Waals surface area contributed by atoms with Crippen LogP contribution in [0.2, 0.25) is 0 Å². The summed E-state index contributed by atoms with van der Waals surface area (Å²) < 4.78 is 1.57. The van der Waals surface area contributed by atoms with Gasteiger partial charge in [-0.1, -0.05) is 18.2 Å². The fourth-order valence-corrected chi connectivity index (χ4v) is 4.45. The topological polar surface area (TPSA) is 83.4 Å². The minimum absolute atomic E-state index is 0.0588. The van der Waals surface area contributed by atoms with E-state index in [0.717, 1.165) is 43.1 Å². The van der Waals surface area contributed by atoms with Crippen LogP contribution in [0.1, 0.15) is 36.0 Å². The Labute approximate surface area is 170 Å². The number of piperidine rings is 1. The monoisotopic (exact) mass is 396 g/mol. The van der Waals surface area contributed by atoms with Crippen LogP contribution in [-0.4, -0.2) is 53.5 Å². The average molecular weight is 396 g/mol.